The van der Waals surface area contributed by atoms with Gasteiger partial charge in [0.1, 0.15) is 5.75 Å². The third-order valence-electron chi connectivity index (χ3n) is 5.24. The maximum Gasteiger partial charge on any atom is 0.288 e. The maximum absolute atomic E-state index is 14.3. The largest absolute Gasteiger partial charge is 0.493 e. The summed E-state index contributed by atoms with van der Waals surface area (Å²) in [7, 11) is 0. The average molecular weight is 360 g/mol. The minimum Gasteiger partial charge on any atom is -0.493 e. The van der Waals surface area contributed by atoms with Crippen LogP contribution in [0.2, 0.25) is 0 Å². The second-order valence-corrected chi connectivity index (χ2v) is 7.35. The van der Waals surface area contributed by atoms with Crippen LogP contribution in [-0.4, -0.2) is 25.3 Å². The number of hydrogen-bond donors (Lipinski definition) is 0. The summed E-state index contributed by atoms with van der Waals surface area (Å²) in [5, 5.41) is 0. The van der Waals surface area contributed by atoms with Crippen molar-refractivity contribution in [1.29, 1.82) is 0 Å². The molecule has 1 aliphatic carbocycles. The van der Waals surface area contributed by atoms with E-state index in [1.807, 2.05) is 0 Å². The zero-order valence-electron chi connectivity index (χ0n) is 14.4. The molecule has 0 radical (unpaired) electrons. The fourth-order valence-corrected chi connectivity index (χ4v) is 3.64. The van der Waals surface area contributed by atoms with E-state index in [1.165, 1.54) is 12.1 Å². The minimum absolute atomic E-state index is 0.0763. The van der Waals surface area contributed by atoms with E-state index in [-0.39, 0.29) is 17.1 Å². The van der Waals surface area contributed by atoms with Gasteiger partial charge in [-0.05, 0) is 30.7 Å². The number of fused-ring (bicyclic) bond motifs is 1. The molecule has 0 saturated heterocycles. The van der Waals surface area contributed by atoms with E-state index in [4.69, 9.17) is 9.47 Å². The van der Waals surface area contributed by atoms with Gasteiger partial charge in [-0.25, -0.2) is 13.2 Å². The fourth-order valence-electron chi connectivity index (χ4n) is 3.64. The van der Waals surface area contributed by atoms with Crippen molar-refractivity contribution in [1.82, 2.24) is 0 Å². The standard InChI is InChI=1S/C19H24F4O2/c1-12-2-4-13(5-3-12)11-24-15-8-14-10-19(22,23)17(6-7-20)25-18(14)16(21)9-15/h8-9,12-13,17H,2-7,10-11H2,1H3. The highest BCUT2D eigenvalue weighted by atomic mass is 19.3. The Morgan fingerprint density at radius 2 is 1.92 bits per heavy atom. The van der Waals surface area contributed by atoms with Crippen molar-refractivity contribution in [3.8, 4) is 11.5 Å². The normalized spacial score (nSPS) is 28.1. The summed E-state index contributed by atoms with van der Waals surface area (Å²) >= 11 is 0. The number of alkyl halides is 3. The number of ether oxygens (including phenoxy) is 2. The molecular weight excluding hydrogens is 336 g/mol. The predicted octanol–water partition coefficient (Wildman–Crippen LogP) is 5.33. The van der Waals surface area contributed by atoms with E-state index >= 15 is 0 Å². The first-order valence-electron chi connectivity index (χ1n) is 8.94. The molecule has 0 bridgehead atoms. The van der Waals surface area contributed by atoms with Gasteiger partial charge >= 0.3 is 0 Å². The van der Waals surface area contributed by atoms with Crippen molar-refractivity contribution in [2.45, 2.75) is 57.5 Å². The van der Waals surface area contributed by atoms with Gasteiger partial charge in [0.05, 0.1) is 13.3 Å². The van der Waals surface area contributed by atoms with Gasteiger partial charge in [-0.15, -0.1) is 0 Å². The van der Waals surface area contributed by atoms with Crippen LogP contribution in [0.1, 0.15) is 44.6 Å². The van der Waals surface area contributed by atoms with Crippen LogP contribution < -0.4 is 9.47 Å². The van der Waals surface area contributed by atoms with Crippen molar-refractivity contribution in [3.05, 3.63) is 23.5 Å². The van der Waals surface area contributed by atoms with Gasteiger partial charge in [-0.3, -0.25) is 4.39 Å². The van der Waals surface area contributed by atoms with Gasteiger partial charge < -0.3 is 9.47 Å². The topological polar surface area (TPSA) is 18.5 Å². The van der Waals surface area contributed by atoms with Crippen LogP contribution >= 0.6 is 0 Å². The zero-order valence-corrected chi connectivity index (χ0v) is 14.4. The second-order valence-electron chi connectivity index (χ2n) is 7.35. The number of halogens is 4. The first kappa shape index (κ1) is 18.3. The summed E-state index contributed by atoms with van der Waals surface area (Å²) in [6.07, 6.45) is 1.70. The first-order valence-corrected chi connectivity index (χ1v) is 8.94. The van der Waals surface area contributed by atoms with Crippen LogP contribution in [-0.2, 0) is 6.42 Å². The molecule has 0 spiro atoms. The number of rotatable bonds is 5. The SMILES string of the molecule is CC1CCC(COc2cc(F)c3c(c2)CC(F)(F)C(CCF)O3)CC1. The monoisotopic (exact) mass is 360 g/mol. The summed E-state index contributed by atoms with van der Waals surface area (Å²) in [6.45, 7) is 1.76. The Morgan fingerprint density at radius 3 is 2.60 bits per heavy atom. The van der Waals surface area contributed by atoms with E-state index in [1.54, 1.807) is 0 Å². The number of hydrogen-bond acceptors (Lipinski definition) is 2. The molecule has 3 rings (SSSR count). The van der Waals surface area contributed by atoms with Crippen LogP contribution in [0.5, 0.6) is 11.5 Å². The Balaban J connectivity index is 1.69. The molecule has 1 aromatic carbocycles. The summed E-state index contributed by atoms with van der Waals surface area (Å²) in [4.78, 5) is 0. The van der Waals surface area contributed by atoms with Crippen LogP contribution in [0.4, 0.5) is 17.6 Å². The lowest BCUT2D eigenvalue weighted by Gasteiger charge is -2.33. The highest BCUT2D eigenvalue weighted by Crippen LogP contribution is 2.41. The molecule has 1 aliphatic heterocycles. The Morgan fingerprint density at radius 1 is 1.20 bits per heavy atom. The van der Waals surface area contributed by atoms with Crippen LogP contribution in [0.3, 0.4) is 0 Å². The van der Waals surface area contributed by atoms with Crippen molar-refractivity contribution in [2.75, 3.05) is 13.3 Å². The molecule has 1 fully saturated rings. The molecule has 6 heteroatoms. The molecule has 0 aromatic heterocycles. The Hall–Kier alpha value is -1.46. The minimum atomic E-state index is -3.22. The van der Waals surface area contributed by atoms with E-state index in [0.29, 0.717) is 12.5 Å². The van der Waals surface area contributed by atoms with Gasteiger partial charge in [-0.1, -0.05) is 19.8 Å². The Kier molecular flexibility index (Phi) is 5.44. The van der Waals surface area contributed by atoms with Crippen molar-refractivity contribution in [2.24, 2.45) is 11.8 Å². The lowest BCUT2D eigenvalue weighted by atomic mass is 9.83. The fraction of sp³-hybridized carbons (Fsp3) is 0.684. The first-order chi connectivity index (χ1) is 11.9. The maximum atomic E-state index is 14.3. The smallest absolute Gasteiger partial charge is 0.288 e. The molecule has 0 N–H and O–H groups in total. The van der Waals surface area contributed by atoms with Gasteiger partial charge in [-0.2, -0.15) is 0 Å². The molecule has 0 amide bonds. The molecule has 1 aromatic rings. The van der Waals surface area contributed by atoms with E-state index in [2.05, 4.69) is 6.92 Å². The second kappa shape index (κ2) is 7.42. The quantitative estimate of drug-likeness (QED) is 0.661. The number of benzene rings is 1. The Bertz CT molecular complexity index is 597. The summed E-state index contributed by atoms with van der Waals surface area (Å²) < 4.78 is 65.5. The highest BCUT2D eigenvalue weighted by molar-refractivity contribution is 5.44. The molecule has 140 valence electrons. The highest BCUT2D eigenvalue weighted by Gasteiger charge is 2.46. The van der Waals surface area contributed by atoms with Gasteiger partial charge in [0.25, 0.3) is 5.92 Å². The van der Waals surface area contributed by atoms with Crippen molar-refractivity contribution in [3.63, 3.8) is 0 Å². The van der Waals surface area contributed by atoms with Gasteiger partial charge in [0, 0.05) is 24.5 Å². The molecule has 1 saturated carbocycles. The van der Waals surface area contributed by atoms with Crippen molar-refractivity contribution < 1.29 is 27.0 Å². The third kappa shape index (κ3) is 4.21. The Labute approximate surface area is 145 Å². The van der Waals surface area contributed by atoms with Gasteiger partial charge in [0.15, 0.2) is 17.7 Å². The summed E-state index contributed by atoms with van der Waals surface area (Å²) in [5.74, 6) is -2.76. The molecule has 1 atom stereocenters. The third-order valence-corrected chi connectivity index (χ3v) is 5.24. The average Bonchev–Trinajstić information content (AvgIpc) is 2.55. The molecular formula is C19H24F4O2. The molecule has 2 nitrogen and oxygen atoms in total. The van der Waals surface area contributed by atoms with Crippen LogP contribution in [0.25, 0.3) is 0 Å². The summed E-state index contributed by atoms with van der Waals surface area (Å²) in [5.41, 5.74) is 0.0763. The lowest BCUT2D eigenvalue weighted by molar-refractivity contribution is -0.112. The van der Waals surface area contributed by atoms with Crippen LogP contribution in [0.15, 0.2) is 12.1 Å². The van der Waals surface area contributed by atoms with E-state index < -0.39 is 37.4 Å². The molecule has 1 unspecified atom stereocenters. The van der Waals surface area contributed by atoms with Crippen molar-refractivity contribution >= 4 is 0 Å². The van der Waals surface area contributed by atoms with Crippen LogP contribution in [0, 0.1) is 17.7 Å². The molecule has 25 heavy (non-hydrogen) atoms. The summed E-state index contributed by atoms with van der Waals surface area (Å²) in [6, 6.07) is 2.59. The predicted molar refractivity (Wildman–Crippen MR) is 86.7 cm³/mol. The molecule has 2 aliphatic rings. The van der Waals surface area contributed by atoms with E-state index in [0.717, 1.165) is 31.6 Å². The van der Waals surface area contributed by atoms with E-state index in [9.17, 15) is 17.6 Å². The molecule has 1 heterocycles. The lowest BCUT2D eigenvalue weighted by Crippen LogP contribution is -2.44. The van der Waals surface area contributed by atoms with Gasteiger partial charge in [0.2, 0.25) is 0 Å². The zero-order chi connectivity index (χ0) is 18.0.